The first-order chi connectivity index (χ1) is 6.85. The number of fused-ring (bicyclic) bond motifs is 1. The third-order valence-corrected chi connectivity index (χ3v) is 2.30. The Morgan fingerprint density at radius 1 is 1.36 bits per heavy atom. The lowest BCUT2D eigenvalue weighted by Gasteiger charge is -2.03. The molecule has 0 spiro atoms. The van der Waals surface area contributed by atoms with Gasteiger partial charge in [0.15, 0.2) is 0 Å². The highest BCUT2D eigenvalue weighted by Gasteiger charge is 2.02. The fraction of sp³-hybridized carbons (Fsp3) is 0.167. The summed E-state index contributed by atoms with van der Waals surface area (Å²) in [4.78, 5) is 4.24. The summed E-state index contributed by atoms with van der Waals surface area (Å²) in [6.45, 7) is 2.09. The van der Waals surface area contributed by atoms with E-state index in [1.165, 1.54) is 5.56 Å². The van der Waals surface area contributed by atoms with E-state index in [9.17, 15) is 0 Å². The number of hydrogen-bond acceptors (Lipinski definition) is 2. The highest BCUT2D eigenvalue weighted by Crippen LogP contribution is 2.18. The Labute approximate surface area is 82.8 Å². The Bertz CT molecular complexity index is 509. The van der Waals surface area contributed by atoms with Crippen molar-refractivity contribution in [3.63, 3.8) is 0 Å². The van der Waals surface area contributed by atoms with E-state index in [0.29, 0.717) is 5.69 Å². The lowest BCUT2D eigenvalue weighted by atomic mass is 10.1. The van der Waals surface area contributed by atoms with Gasteiger partial charge >= 0.3 is 0 Å². The molecule has 0 atom stereocenters. The zero-order chi connectivity index (χ0) is 9.97. The number of hydrogen-bond donors (Lipinski definition) is 0. The van der Waals surface area contributed by atoms with Gasteiger partial charge < -0.3 is 0 Å². The molecule has 0 saturated heterocycles. The Kier molecular flexibility index (Phi) is 2.16. The molecule has 0 amide bonds. The molecule has 0 aliphatic carbocycles. The van der Waals surface area contributed by atoms with Crippen molar-refractivity contribution in [3.8, 4) is 6.07 Å². The fourth-order valence-corrected chi connectivity index (χ4v) is 1.60. The maximum absolute atomic E-state index is 8.80. The van der Waals surface area contributed by atoms with E-state index in [0.717, 1.165) is 17.3 Å². The third kappa shape index (κ3) is 1.33. The van der Waals surface area contributed by atoms with Crippen LogP contribution in [-0.2, 0) is 6.42 Å². The van der Waals surface area contributed by atoms with Gasteiger partial charge in [-0.25, -0.2) is 4.98 Å². The van der Waals surface area contributed by atoms with Crippen LogP contribution in [0.5, 0.6) is 0 Å². The molecular formula is C12H10N2. The molecule has 0 saturated carbocycles. The lowest BCUT2D eigenvalue weighted by Crippen LogP contribution is -1.90. The Hall–Kier alpha value is -1.88. The van der Waals surface area contributed by atoms with Crippen molar-refractivity contribution >= 4 is 10.9 Å². The SMILES string of the molecule is CCc1cc(C#N)nc2ccccc12. The van der Waals surface area contributed by atoms with Gasteiger partial charge in [-0.15, -0.1) is 0 Å². The van der Waals surface area contributed by atoms with E-state index < -0.39 is 0 Å². The smallest absolute Gasteiger partial charge is 0.141 e. The molecule has 0 radical (unpaired) electrons. The maximum atomic E-state index is 8.80. The second-order valence-electron chi connectivity index (χ2n) is 3.15. The molecule has 2 heteroatoms. The predicted molar refractivity (Wildman–Crippen MR) is 55.8 cm³/mol. The van der Waals surface area contributed by atoms with E-state index in [4.69, 9.17) is 5.26 Å². The average molecular weight is 182 g/mol. The minimum Gasteiger partial charge on any atom is -0.237 e. The molecule has 0 aliphatic heterocycles. The number of nitriles is 1. The van der Waals surface area contributed by atoms with Crippen LogP contribution in [0.2, 0.25) is 0 Å². The van der Waals surface area contributed by atoms with Crippen LogP contribution in [0, 0.1) is 11.3 Å². The second kappa shape index (κ2) is 3.47. The molecule has 2 rings (SSSR count). The molecule has 1 heterocycles. The standard InChI is InChI=1S/C12H10N2/c1-2-9-7-10(8-13)14-12-6-4-3-5-11(9)12/h3-7H,2H2,1H3. The molecular weight excluding hydrogens is 172 g/mol. The molecule has 14 heavy (non-hydrogen) atoms. The van der Waals surface area contributed by atoms with Crippen molar-refractivity contribution in [1.82, 2.24) is 4.98 Å². The van der Waals surface area contributed by atoms with Gasteiger partial charge in [0, 0.05) is 5.39 Å². The maximum Gasteiger partial charge on any atom is 0.141 e. The van der Waals surface area contributed by atoms with Gasteiger partial charge in [0.2, 0.25) is 0 Å². The predicted octanol–water partition coefficient (Wildman–Crippen LogP) is 2.67. The van der Waals surface area contributed by atoms with Crippen LogP contribution < -0.4 is 0 Å². The average Bonchev–Trinajstić information content (AvgIpc) is 2.27. The number of rotatable bonds is 1. The number of para-hydroxylation sites is 1. The molecule has 0 fully saturated rings. The van der Waals surface area contributed by atoms with Crippen molar-refractivity contribution < 1.29 is 0 Å². The van der Waals surface area contributed by atoms with Crippen LogP contribution in [0.15, 0.2) is 30.3 Å². The van der Waals surface area contributed by atoms with Crippen LogP contribution in [0.25, 0.3) is 10.9 Å². The number of nitrogens with zero attached hydrogens (tertiary/aromatic N) is 2. The molecule has 1 aromatic heterocycles. The van der Waals surface area contributed by atoms with Gasteiger partial charge in [-0.05, 0) is 24.1 Å². The van der Waals surface area contributed by atoms with Crippen molar-refractivity contribution in [2.75, 3.05) is 0 Å². The summed E-state index contributed by atoms with van der Waals surface area (Å²) in [7, 11) is 0. The van der Waals surface area contributed by atoms with E-state index in [1.807, 2.05) is 30.3 Å². The largest absolute Gasteiger partial charge is 0.237 e. The summed E-state index contributed by atoms with van der Waals surface area (Å²) in [5.41, 5.74) is 2.59. The van der Waals surface area contributed by atoms with Gasteiger partial charge in [0.1, 0.15) is 11.8 Å². The van der Waals surface area contributed by atoms with Crippen LogP contribution in [0.1, 0.15) is 18.2 Å². The molecule has 2 nitrogen and oxygen atoms in total. The van der Waals surface area contributed by atoms with Gasteiger partial charge in [0.05, 0.1) is 5.52 Å². The van der Waals surface area contributed by atoms with Gasteiger partial charge in [-0.2, -0.15) is 5.26 Å². The van der Waals surface area contributed by atoms with E-state index >= 15 is 0 Å². The zero-order valence-corrected chi connectivity index (χ0v) is 7.99. The minimum atomic E-state index is 0.501. The van der Waals surface area contributed by atoms with Gasteiger partial charge in [-0.3, -0.25) is 0 Å². The quantitative estimate of drug-likeness (QED) is 0.679. The molecule has 2 aromatic rings. The monoisotopic (exact) mass is 182 g/mol. The zero-order valence-electron chi connectivity index (χ0n) is 7.99. The first-order valence-electron chi connectivity index (χ1n) is 4.64. The molecule has 0 bridgehead atoms. The van der Waals surface area contributed by atoms with Crippen LogP contribution in [0.4, 0.5) is 0 Å². The molecule has 0 N–H and O–H groups in total. The van der Waals surface area contributed by atoms with Crippen LogP contribution in [0.3, 0.4) is 0 Å². The second-order valence-corrected chi connectivity index (χ2v) is 3.15. The van der Waals surface area contributed by atoms with Gasteiger partial charge in [0.25, 0.3) is 0 Å². The Morgan fingerprint density at radius 2 is 2.14 bits per heavy atom. The topological polar surface area (TPSA) is 36.7 Å². The molecule has 68 valence electrons. The summed E-state index contributed by atoms with van der Waals surface area (Å²) in [6.07, 6.45) is 0.928. The highest BCUT2D eigenvalue weighted by atomic mass is 14.7. The molecule has 0 aliphatic rings. The van der Waals surface area contributed by atoms with Crippen molar-refractivity contribution in [3.05, 3.63) is 41.6 Å². The lowest BCUT2D eigenvalue weighted by molar-refractivity contribution is 1.14. The van der Waals surface area contributed by atoms with E-state index in [-0.39, 0.29) is 0 Å². The van der Waals surface area contributed by atoms with Crippen LogP contribution in [-0.4, -0.2) is 4.98 Å². The first kappa shape index (κ1) is 8.71. The number of aromatic nitrogens is 1. The summed E-state index contributed by atoms with van der Waals surface area (Å²) < 4.78 is 0. The summed E-state index contributed by atoms with van der Waals surface area (Å²) >= 11 is 0. The highest BCUT2D eigenvalue weighted by molar-refractivity contribution is 5.82. The van der Waals surface area contributed by atoms with Crippen LogP contribution >= 0.6 is 0 Å². The summed E-state index contributed by atoms with van der Waals surface area (Å²) in [5, 5.41) is 9.95. The first-order valence-corrected chi connectivity index (χ1v) is 4.64. The Balaban J connectivity index is 2.81. The summed E-state index contributed by atoms with van der Waals surface area (Å²) in [5.74, 6) is 0. The van der Waals surface area contributed by atoms with E-state index in [2.05, 4.69) is 18.0 Å². The number of aryl methyl sites for hydroxylation is 1. The van der Waals surface area contributed by atoms with Crippen molar-refractivity contribution in [2.45, 2.75) is 13.3 Å². The minimum absolute atomic E-state index is 0.501. The third-order valence-electron chi connectivity index (χ3n) is 2.30. The normalized spacial score (nSPS) is 10.0. The fourth-order valence-electron chi connectivity index (χ4n) is 1.60. The van der Waals surface area contributed by atoms with Gasteiger partial charge in [-0.1, -0.05) is 25.1 Å². The molecule has 1 aromatic carbocycles. The summed E-state index contributed by atoms with van der Waals surface area (Å²) in [6, 6.07) is 11.9. The number of pyridine rings is 1. The Morgan fingerprint density at radius 3 is 2.86 bits per heavy atom. The van der Waals surface area contributed by atoms with Crippen molar-refractivity contribution in [2.24, 2.45) is 0 Å². The molecule has 0 unspecified atom stereocenters. The van der Waals surface area contributed by atoms with E-state index in [1.54, 1.807) is 0 Å². The van der Waals surface area contributed by atoms with Crippen molar-refractivity contribution in [1.29, 1.82) is 5.26 Å². The number of benzene rings is 1.